The maximum Gasteiger partial charge on any atom is 0.0793 e. The van der Waals surface area contributed by atoms with Crippen molar-refractivity contribution in [2.24, 2.45) is 11.3 Å². The van der Waals surface area contributed by atoms with E-state index in [2.05, 4.69) is 83.9 Å². The smallest absolute Gasteiger partial charge is 0.0793 e. The molecule has 2 rings (SSSR count). The third-order valence-corrected chi connectivity index (χ3v) is 5.42. The molecule has 1 fully saturated rings. The maximum absolute atomic E-state index is 6.73. The first-order valence-corrected chi connectivity index (χ1v) is 10.1. The molecule has 142 valence electrons. The van der Waals surface area contributed by atoms with E-state index in [1.165, 1.54) is 37.7 Å². The molecule has 0 heterocycles. The summed E-state index contributed by atoms with van der Waals surface area (Å²) in [4.78, 5) is 6.73. The van der Waals surface area contributed by atoms with Crippen molar-refractivity contribution in [3.8, 4) is 0 Å². The minimum Gasteiger partial charge on any atom is -0.295 e. The highest BCUT2D eigenvalue weighted by Gasteiger charge is 2.40. The van der Waals surface area contributed by atoms with E-state index in [-0.39, 0.29) is 23.1 Å². The lowest BCUT2D eigenvalue weighted by molar-refractivity contribution is -0.288. The van der Waals surface area contributed by atoms with Crippen LogP contribution in [0.5, 0.6) is 0 Å². The Balaban J connectivity index is 2.30. The Morgan fingerprint density at radius 2 is 1.48 bits per heavy atom. The zero-order valence-electron chi connectivity index (χ0n) is 17.5. The van der Waals surface area contributed by atoms with Crippen LogP contribution >= 0.6 is 0 Å². The minimum absolute atomic E-state index is 0.0588. The standard InChI is InChI=1S/C23H39NO/c1-18(19-14-10-8-11-15-19)25-24(23(5,6)7)21(22(2,3)4)20-16-12-9-13-17-20/h9,12-13,16-19,21H,8,10-11,14-15H2,1-7H3. The summed E-state index contributed by atoms with van der Waals surface area (Å²) in [5, 5.41) is 2.29. The fourth-order valence-corrected chi connectivity index (χ4v) is 4.10. The van der Waals surface area contributed by atoms with Crippen LogP contribution in [0.2, 0.25) is 0 Å². The molecule has 0 bridgehead atoms. The van der Waals surface area contributed by atoms with Gasteiger partial charge in [0.05, 0.1) is 12.1 Å². The monoisotopic (exact) mass is 345 g/mol. The fourth-order valence-electron chi connectivity index (χ4n) is 4.10. The van der Waals surface area contributed by atoms with Crippen LogP contribution < -0.4 is 0 Å². The lowest BCUT2D eigenvalue weighted by Gasteiger charge is -2.48. The lowest BCUT2D eigenvalue weighted by Crippen LogP contribution is -2.50. The van der Waals surface area contributed by atoms with Gasteiger partial charge in [0.2, 0.25) is 0 Å². The second kappa shape index (κ2) is 8.22. The Labute approximate surface area is 155 Å². The fraction of sp³-hybridized carbons (Fsp3) is 0.739. The zero-order valence-corrected chi connectivity index (χ0v) is 17.5. The molecule has 0 spiro atoms. The van der Waals surface area contributed by atoms with E-state index in [0.717, 1.165) is 0 Å². The highest BCUT2D eigenvalue weighted by molar-refractivity contribution is 5.21. The second-order valence-electron chi connectivity index (χ2n) is 9.88. The van der Waals surface area contributed by atoms with Gasteiger partial charge in [0, 0.05) is 5.54 Å². The van der Waals surface area contributed by atoms with Gasteiger partial charge in [-0.05, 0) is 57.4 Å². The molecule has 25 heavy (non-hydrogen) atoms. The van der Waals surface area contributed by atoms with Gasteiger partial charge in [-0.25, -0.2) is 0 Å². The normalized spacial score (nSPS) is 19.8. The Bertz CT molecular complexity index is 505. The van der Waals surface area contributed by atoms with Gasteiger partial charge < -0.3 is 0 Å². The predicted molar refractivity (Wildman–Crippen MR) is 107 cm³/mol. The van der Waals surface area contributed by atoms with Crippen LogP contribution in [-0.4, -0.2) is 16.7 Å². The van der Waals surface area contributed by atoms with Crippen molar-refractivity contribution in [3.63, 3.8) is 0 Å². The largest absolute Gasteiger partial charge is 0.295 e. The molecule has 2 nitrogen and oxygen atoms in total. The van der Waals surface area contributed by atoms with Crippen molar-refractivity contribution in [1.82, 2.24) is 5.06 Å². The molecule has 0 aliphatic heterocycles. The highest BCUT2D eigenvalue weighted by Crippen LogP contribution is 2.43. The lowest BCUT2D eigenvalue weighted by atomic mass is 9.80. The molecular formula is C23H39NO. The van der Waals surface area contributed by atoms with Gasteiger partial charge in [-0.1, -0.05) is 70.4 Å². The van der Waals surface area contributed by atoms with Crippen molar-refractivity contribution in [3.05, 3.63) is 35.9 Å². The number of hydrogen-bond donors (Lipinski definition) is 0. The van der Waals surface area contributed by atoms with Crippen molar-refractivity contribution in [2.75, 3.05) is 0 Å². The molecule has 1 aliphatic rings. The van der Waals surface area contributed by atoms with Gasteiger partial charge in [-0.15, -0.1) is 0 Å². The molecule has 2 unspecified atom stereocenters. The molecule has 2 heteroatoms. The van der Waals surface area contributed by atoms with E-state index >= 15 is 0 Å². The van der Waals surface area contributed by atoms with Crippen LogP contribution in [0.25, 0.3) is 0 Å². The average molecular weight is 346 g/mol. The van der Waals surface area contributed by atoms with Gasteiger partial charge >= 0.3 is 0 Å². The van der Waals surface area contributed by atoms with Crippen molar-refractivity contribution in [1.29, 1.82) is 0 Å². The van der Waals surface area contributed by atoms with Crippen LogP contribution in [0.1, 0.15) is 92.2 Å². The first-order valence-electron chi connectivity index (χ1n) is 10.1. The number of hydrogen-bond acceptors (Lipinski definition) is 2. The van der Waals surface area contributed by atoms with Gasteiger partial charge in [-0.2, -0.15) is 5.06 Å². The van der Waals surface area contributed by atoms with Crippen LogP contribution in [0.3, 0.4) is 0 Å². The molecule has 1 aromatic rings. The molecule has 0 amide bonds. The first-order chi connectivity index (χ1) is 11.6. The topological polar surface area (TPSA) is 12.5 Å². The van der Waals surface area contributed by atoms with Crippen molar-refractivity contribution < 1.29 is 4.84 Å². The third kappa shape index (κ3) is 5.56. The second-order valence-corrected chi connectivity index (χ2v) is 9.88. The SMILES string of the molecule is CC(ON(C(c1ccccc1)C(C)(C)C)C(C)(C)C)C1CCCCC1. The summed E-state index contributed by atoms with van der Waals surface area (Å²) in [6.07, 6.45) is 6.99. The van der Waals surface area contributed by atoms with E-state index in [9.17, 15) is 0 Å². The molecular weight excluding hydrogens is 306 g/mol. The quantitative estimate of drug-likeness (QED) is 0.546. The van der Waals surface area contributed by atoms with E-state index in [0.29, 0.717) is 5.92 Å². The summed E-state index contributed by atoms with van der Waals surface area (Å²) in [5.41, 5.74) is 1.36. The van der Waals surface area contributed by atoms with E-state index in [1.807, 2.05) is 0 Å². The zero-order chi connectivity index (χ0) is 18.7. The molecule has 0 radical (unpaired) electrons. The Hall–Kier alpha value is -0.860. The number of rotatable bonds is 5. The van der Waals surface area contributed by atoms with Gasteiger partial charge in [0.25, 0.3) is 0 Å². The van der Waals surface area contributed by atoms with Crippen LogP contribution in [0.4, 0.5) is 0 Å². The van der Waals surface area contributed by atoms with Gasteiger partial charge in [-0.3, -0.25) is 4.84 Å². The summed E-state index contributed by atoms with van der Waals surface area (Å²) in [6.45, 7) is 16.0. The summed E-state index contributed by atoms with van der Waals surface area (Å²) in [7, 11) is 0. The van der Waals surface area contributed by atoms with Crippen molar-refractivity contribution >= 4 is 0 Å². The maximum atomic E-state index is 6.73. The minimum atomic E-state index is -0.0588. The van der Waals surface area contributed by atoms with E-state index < -0.39 is 0 Å². The molecule has 0 N–H and O–H groups in total. The van der Waals surface area contributed by atoms with Gasteiger partial charge in [0.1, 0.15) is 0 Å². The predicted octanol–water partition coefficient (Wildman–Crippen LogP) is 6.77. The summed E-state index contributed by atoms with van der Waals surface area (Å²) >= 11 is 0. The Morgan fingerprint density at radius 1 is 0.920 bits per heavy atom. The Kier molecular flexibility index (Phi) is 6.73. The number of hydroxylamine groups is 2. The summed E-state index contributed by atoms with van der Waals surface area (Å²) in [6, 6.07) is 11.1. The van der Waals surface area contributed by atoms with E-state index in [1.54, 1.807) is 0 Å². The van der Waals surface area contributed by atoms with Crippen LogP contribution in [-0.2, 0) is 4.84 Å². The number of benzene rings is 1. The molecule has 0 saturated heterocycles. The van der Waals surface area contributed by atoms with Gasteiger partial charge in [0.15, 0.2) is 0 Å². The van der Waals surface area contributed by atoms with Crippen LogP contribution in [0.15, 0.2) is 30.3 Å². The highest BCUT2D eigenvalue weighted by atomic mass is 16.7. The summed E-state index contributed by atoms with van der Waals surface area (Å²) in [5.74, 6) is 0.690. The first kappa shape index (κ1) is 20.5. The average Bonchev–Trinajstić information content (AvgIpc) is 2.54. The van der Waals surface area contributed by atoms with Crippen molar-refractivity contribution in [2.45, 2.75) is 98.3 Å². The molecule has 1 saturated carbocycles. The molecule has 2 atom stereocenters. The Morgan fingerprint density at radius 3 is 1.96 bits per heavy atom. The molecule has 0 aromatic heterocycles. The molecule has 1 aromatic carbocycles. The van der Waals surface area contributed by atoms with E-state index in [4.69, 9.17) is 4.84 Å². The summed E-state index contributed by atoms with van der Waals surface area (Å²) < 4.78 is 0. The third-order valence-electron chi connectivity index (χ3n) is 5.42. The van der Waals surface area contributed by atoms with Crippen LogP contribution in [0, 0.1) is 11.3 Å². The number of nitrogens with zero attached hydrogens (tertiary/aromatic N) is 1. The molecule has 1 aliphatic carbocycles.